The minimum Gasteiger partial charge on any atom is -0.126 e. The molecule has 0 amide bonds. The summed E-state index contributed by atoms with van der Waals surface area (Å²) in [5.74, 6) is 3.11. The molecule has 0 N–H and O–H groups in total. The maximum Gasteiger partial charge on any atom is 0.0789 e. The van der Waals surface area contributed by atoms with Crippen molar-refractivity contribution in [3.05, 3.63) is 34.2 Å². The summed E-state index contributed by atoms with van der Waals surface area (Å²) in [5.41, 5.74) is 2.68. The average molecular weight is 312 g/mol. The lowest BCUT2D eigenvalue weighted by molar-refractivity contribution is 1.48. The van der Waals surface area contributed by atoms with Crippen LogP contribution in [-0.4, -0.2) is 0 Å². The van der Waals surface area contributed by atoms with Gasteiger partial charge in [-0.25, -0.2) is 0 Å². The molecule has 0 atom stereocenters. The minimum absolute atomic E-state index is 1.16. The van der Waals surface area contributed by atoms with Gasteiger partial charge in [0.2, 0.25) is 0 Å². The second-order valence-corrected chi connectivity index (χ2v) is 4.86. The molecule has 0 spiro atoms. The van der Waals surface area contributed by atoms with Gasteiger partial charge in [-0.15, -0.1) is 11.3 Å². The van der Waals surface area contributed by atoms with E-state index in [2.05, 4.69) is 64.5 Å². The second-order valence-electron chi connectivity index (χ2n) is 3.27. The van der Waals surface area contributed by atoms with Crippen molar-refractivity contribution in [3.8, 4) is 9.85 Å². The van der Waals surface area contributed by atoms with Crippen LogP contribution >= 0.6 is 33.9 Å². The van der Waals surface area contributed by atoms with Gasteiger partial charge in [0.05, 0.1) is 4.88 Å². The summed E-state index contributed by atoms with van der Waals surface area (Å²) in [7, 11) is 0. The smallest absolute Gasteiger partial charge is 0.0789 e. The highest BCUT2D eigenvalue weighted by Gasteiger charge is 2.04. The molecule has 0 bridgehead atoms. The topological polar surface area (TPSA) is 0 Å². The molecule has 0 unspecified atom stereocenters. The monoisotopic (exact) mass is 312 g/mol. The highest BCUT2D eigenvalue weighted by atomic mass is 127. The van der Waals surface area contributed by atoms with Gasteiger partial charge < -0.3 is 0 Å². The van der Waals surface area contributed by atoms with Crippen molar-refractivity contribution in [1.29, 1.82) is 0 Å². The number of thiophene rings is 1. The van der Waals surface area contributed by atoms with Crippen LogP contribution in [0.25, 0.3) is 10.1 Å². The molecule has 0 aliphatic rings. The second kappa shape index (κ2) is 3.92. The van der Waals surface area contributed by atoms with Gasteiger partial charge in [0.25, 0.3) is 0 Å². The number of halogens is 1. The van der Waals surface area contributed by atoms with E-state index in [1.165, 1.54) is 21.2 Å². The minimum atomic E-state index is 1.16. The van der Waals surface area contributed by atoms with E-state index in [9.17, 15) is 0 Å². The molecule has 2 heteroatoms. The van der Waals surface area contributed by atoms with Gasteiger partial charge in [0, 0.05) is 27.3 Å². The zero-order valence-electron chi connectivity index (χ0n) is 8.02. The first-order valence-electron chi connectivity index (χ1n) is 4.34. The highest BCUT2D eigenvalue weighted by Crippen LogP contribution is 2.30. The van der Waals surface area contributed by atoms with Crippen LogP contribution in [0.2, 0.25) is 0 Å². The molecule has 1 aromatic heterocycles. The normalized spacial score (nSPS) is 9.93. The van der Waals surface area contributed by atoms with Crippen LogP contribution in [0.1, 0.15) is 16.0 Å². The third-order valence-corrected chi connectivity index (χ3v) is 3.72. The van der Waals surface area contributed by atoms with Gasteiger partial charge in [-0.1, -0.05) is 12.1 Å². The van der Waals surface area contributed by atoms with E-state index < -0.39 is 0 Å². The SMILES string of the molecule is Cc1ccc(C)c2sc(C#CI)cc12. The largest absolute Gasteiger partial charge is 0.126 e. The Morgan fingerprint density at radius 3 is 2.57 bits per heavy atom. The molecule has 0 radical (unpaired) electrons. The van der Waals surface area contributed by atoms with Crippen LogP contribution in [0.15, 0.2) is 18.2 Å². The lowest BCUT2D eigenvalue weighted by Crippen LogP contribution is -1.75. The van der Waals surface area contributed by atoms with Crippen LogP contribution in [0, 0.1) is 23.7 Å². The number of rotatable bonds is 0. The lowest BCUT2D eigenvalue weighted by Gasteiger charge is -1.97. The van der Waals surface area contributed by atoms with Crippen LogP contribution in [0.4, 0.5) is 0 Å². The van der Waals surface area contributed by atoms with Crippen molar-refractivity contribution in [1.82, 2.24) is 0 Å². The molecule has 2 aromatic rings. The molecule has 0 aliphatic heterocycles. The van der Waals surface area contributed by atoms with Crippen molar-refractivity contribution in [2.75, 3.05) is 0 Å². The molecular formula is C12H9IS. The Morgan fingerprint density at radius 1 is 1.21 bits per heavy atom. The molecule has 0 aliphatic carbocycles. The zero-order chi connectivity index (χ0) is 10.1. The molecule has 1 heterocycles. The third kappa shape index (κ3) is 1.67. The molecule has 2 rings (SSSR count). The third-order valence-electron chi connectivity index (χ3n) is 2.27. The fraction of sp³-hybridized carbons (Fsp3) is 0.167. The van der Waals surface area contributed by atoms with Crippen LogP contribution in [-0.2, 0) is 0 Å². The molecule has 14 heavy (non-hydrogen) atoms. The van der Waals surface area contributed by atoms with Gasteiger partial charge in [-0.2, -0.15) is 0 Å². The van der Waals surface area contributed by atoms with E-state index in [-0.39, 0.29) is 0 Å². The first-order chi connectivity index (χ1) is 6.72. The lowest BCUT2D eigenvalue weighted by atomic mass is 10.1. The summed E-state index contributed by atoms with van der Waals surface area (Å²) in [4.78, 5) is 1.16. The van der Waals surface area contributed by atoms with Crippen molar-refractivity contribution >= 4 is 44.0 Å². The fourth-order valence-corrected chi connectivity index (χ4v) is 3.03. The van der Waals surface area contributed by atoms with E-state index in [1.807, 2.05) is 0 Å². The predicted octanol–water partition coefficient (Wildman–Crippen LogP) is 4.26. The van der Waals surface area contributed by atoms with Gasteiger partial charge in [0.1, 0.15) is 0 Å². The number of hydrogen-bond acceptors (Lipinski definition) is 1. The molecule has 0 fully saturated rings. The Bertz CT molecular complexity index is 501. The van der Waals surface area contributed by atoms with E-state index in [4.69, 9.17) is 0 Å². The highest BCUT2D eigenvalue weighted by molar-refractivity contribution is 14.1. The maximum absolute atomic E-state index is 3.11. The molecule has 0 saturated carbocycles. The fourth-order valence-electron chi connectivity index (χ4n) is 1.50. The molecule has 0 saturated heterocycles. The average Bonchev–Trinajstić information content (AvgIpc) is 2.57. The first-order valence-corrected chi connectivity index (χ1v) is 6.23. The van der Waals surface area contributed by atoms with Gasteiger partial charge in [0.15, 0.2) is 0 Å². The molecule has 0 nitrogen and oxygen atoms in total. The molecule has 1 aromatic carbocycles. The van der Waals surface area contributed by atoms with Gasteiger partial charge in [-0.05, 0) is 46.3 Å². The number of aryl methyl sites for hydroxylation is 2. The van der Waals surface area contributed by atoms with E-state index >= 15 is 0 Å². The van der Waals surface area contributed by atoms with Gasteiger partial charge in [-0.3, -0.25) is 0 Å². The van der Waals surface area contributed by atoms with Crippen molar-refractivity contribution in [2.24, 2.45) is 0 Å². The van der Waals surface area contributed by atoms with E-state index in [1.54, 1.807) is 11.3 Å². The van der Waals surface area contributed by atoms with Crippen LogP contribution in [0.3, 0.4) is 0 Å². The summed E-state index contributed by atoms with van der Waals surface area (Å²) < 4.78 is 4.29. The molecular weight excluding hydrogens is 303 g/mol. The quantitative estimate of drug-likeness (QED) is 0.504. The Labute approximate surface area is 101 Å². The Hall–Kier alpha value is -0.530. The predicted molar refractivity (Wildman–Crippen MR) is 72.2 cm³/mol. The maximum atomic E-state index is 3.11. The van der Waals surface area contributed by atoms with Crippen molar-refractivity contribution in [2.45, 2.75) is 13.8 Å². The van der Waals surface area contributed by atoms with Gasteiger partial charge >= 0.3 is 0 Å². The van der Waals surface area contributed by atoms with E-state index in [0.29, 0.717) is 0 Å². The Morgan fingerprint density at radius 2 is 1.93 bits per heavy atom. The summed E-state index contributed by atoms with van der Waals surface area (Å²) in [6.07, 6.45) is 0. The Balaban J connectivity index is 2.79. The first kappa shape index (κ1) is 10.0. The van der Waals surface area contributed by atoms with Crippen molar-refractivity contribution < 1.29 is 0 Å². The summed E-state index contributed by atoms with van der Waals surface area (Å²) in [6.45, 7) is 4.30. The summed E-state index contributed by atoms with van der Waals surface area (Å²) >= 11 is 3.86. The van der Waals surface area contributed by atoms with Crippen molar-refractivity contribution in [3.63, 3.8) is 0 Å². The van der Waals surface area contributed by atoms with E-state index in [0.717, 1.165) is 4.88 Å². The zero-order valence-corrected chi connectivity index (χ0v) is 11.0. The molecule has 70 valence electrons. The summed E-state index contributed by atoms with van der Waals surface area (Å²) in [6, 6.07) is 6.54. The number of fused-ring (bicyclic) bond motifs is 1. The van der Waals surface area contributed by atoms with Crippen LogP contribution in [0.5, 0.6) is 0 Å². The summed E-state index contributed by atoms with van der Waals surface area (Å²) in [5, 5.41) is 1.35. The standard InChI is InChI=1S/C12H9IS/c1-8-3-4-9(2)12-11(8)7-10(14-12)5-6-13/h3-4,7H,1-2H3. The number of hydrogen-bond donors (Lipinski definition) is 0. The Kier molecular flexibility index (Phi) is 2.80. The number of benzene rings is 1. The van der Waals surface area contributed by atoms with Crippen LogP contribution < -0.4 is 0 Å².